The molecule has 0 spiro atoms. The molecular formula is C12H18As2NO4. The third-order valence-electron chi connectivity index (χ3n) is 2.65. The number of rotatable bonds is 8. The zero-order valence-electron chi connectivity index (χ0n) is 10.8. The molecule has 0 heterocycles. The van der Waals surface area contributed by atoms with Crippen molar-refractivity contribution < 1.29 is 15.1 Å². The van der Waals surface area contributed by atoms with Crippen LogP contribution in [0, 0.1) is 10.1 Å². The average Bonchev–Trinajstić information content (AvgIpc) is 2.42. The molecule has 1 atom stereocenters. The predicted octanol–water partition coefficient (Wildman–Crippen LogP) is 0.0489. The molecule has 0 aliphatic rings. The minimum atomic E-state index is -1.35. The van der Waals surface area contributed by atoms with Gasteiger partial charge >= 0.3 is 124 Å². The van der Waals surface area contributed by atoms with E-state index in [0.717, 1.165) is 19.1 Å². The van der Waals surface area contributed by atoms with Crippen molar-refractivity contribution in [1.82, 2.24) is 0 Å². The first kappa shape index (κ1) is 16.7. The second-order valence-electron chi connectivity index (χ2n) is 3.84. The van der Waals surface area contributed by atoms with Crippen LogP contribution < -0.4 is 8.70 Å². The molecule has 105 valence electrons. The summed E-state index contributed by atoms with van der Waals surface area (Å²) in [6.45, 7) is 2.31. The van der Waals surface area contributed by atoms with Crippen LogP contribution in [0.1, 0.15) is 6.92 Å². The number of hydrogen-bond donors (Lipinski definition) is 2. The first-order chi connectivity index (χ1) is 9.13. The quantitative estimate of drug-likeness (QED) is 0.373. The predicted molar refractivity (Wildman–Crippen MR) is 78.1 cm³/mol. The zero-order chi connectivity index (χ0) is 14.3. The Balaban J connectivity index is 3.03. The van der Waals surface area contributed by atoms with E-state index in [4.69, 9.17) is 10.2 Å². The normalized spacial score (nSPS) is 13.0. The van der Waals surface area contributed by atoms with Gasteiger partial charge in [0.05, 0.1) is 0 Å². The van der Waals surface area contributed by atoms with E-state index < -0.39 is 14.7 Å². The molecule has 19 heavy (non-hydrogen) atoms. The van der Waals surface area contributed by atoms with Gasteiger partial charge in [0.25, 0.3) is 0 Å². The van der Waals surface area contributed by atoms with Gasteiger partial charge < -0.3 is 0 Å². The summed E-state index contributed by atoms with van der Waals surface area (Å²) in [5, 5.41) is 31.4. The van der Waals surface area contributed by atoms with Gasteiger partial charge in [-0.15, -0.1) is 0 Å². The molecule has 0 amide bonds. The molecule has 0 saturated heterocycles. The van der Waals surface area contributed by atoms with Crippen LogP contribution in [0.25, 0.3) is 0 Å². The van der Waals surface area contributed by atoms with Crippen molar-refractivity contribution in [2.75, 3.05) is 13.2 Å². The molecule has 2 N–H and O–H groups in total. The van der Waals surface area contributed by atoms with Gasteiger partial charge in [-0.1, -0.05) is 0 Å². The van der Waals surface area contributed by atoms with Crippen LogP contribution in [0.2, 0.25) is 15.6 Å². The van der Waals surface area contributed by atoms with Crippen LogP contribution in [0.15, 0.2) is 18.2 Å². The van der Waals surface area contributed by atoms with E-state index in [1.807, 2.05) is 12.1 Å². The molecule has 0 fully saturated rings. The SMILES string of the molecule is CC[As](CCO)c1ccc([As]CCO)c([N+](=O)[O-])c1. The molecule has 5 nitrogen and oxygen atoms in total. The molecule has 0 aromatic heterocycles. The molecule has 7 heteroatoms. The fraction of sp³-hybridized carbons (Fsp3) is 0.500. The summed E-state index contributed by atoms with van der Waals surface area (Å²) in [4.78, 5) is 10.8. The second-order valence-corrected chi connectivity index (χ2v) is 12.1. The molecule has 1 aromatic carbocycles. The van der Waals surface area contributed by atoms with E-state index in [1.165, 1.54) is 0 Å². The summed E-state index contributed by atoms with van der Waals surface area (Å²) in [6.07, 6.45) is 0. The van der Waals surface area contributed by atoms with E-state index >= 15 is 0 Å². The Morgan fingerprint density at radius 2 is 2.11 bits per heavy atom. The van der Waals surface area contributed by atoms with E-state index in [-0.39, 0.29) is 39.6 Å². The fourth-order valence-corrected chi connectivity index (χ4v) is 7.20. The topological polar surface area (TPSA) is 83.6 Å². The van der Waals surface area contributed by atoms with Gasteiger partial charge in [-0.05, 0) is 0 Å². The molecule has 0 bridgehead atoms. The molecule has 1 radical (unpaired) electrons. The number of nitro benzene ring substituents is 1. The van der Waals surface area contributed by atoms with Crippen LogP contribution >= 0.6 is 0 Å². The molecule has 0 aliphatic heterocycles. The first-order valence-corrected chi connectivity index (χ1v) is 11.9. The van der Waals surface area contributed by atoms with Gasteiger partial charge in [0.2, 0.25) is 0 Å². The standard InChI is InChI=1S/C12H18As2NO4/c1-2-14(6-8-17)10-3-4-11(13-5-7-16)12(9-10)15(18)19/h3-4,9,16-17H,2,5-8H2,1H3. The van der Waals surface area contributed by atoms with Crippen LogP contribution in [0.3, 0.4) is 0 Å². The van der Waals surface area contributed by atoms with Gasteiger partial charge in [0, 0.05) is 0 Å². The Bertz CT molecular complexity index is 428. The van der Waals surface area contributed by atoms with E-state index in [1.54, 1.807) is 6.07 Å². The third kappa shape index (κ3) is 4.92. The van der Waals surface area contributed by atoms with Crippen molar-refractivity contribution in [3.63, 3.8) is 0 Å². The van der Waals surface area contributed by atoms with Gasteiger partial charge in [0.1, 0.15) is 0 Å². The molecular weight excluding hydrogens is 372 g/mol. The average molecular weight is 390 g/mol. The van der Waals surface area contributed by atoms with Crippen molar-refractivity contribution in [2.24, 2.45) is 0 Å². The maximum atomic E-state index is 11.1. The van der Waals surface area contributed by atoms with E-state index in [2.05, 4.69) is 6.92 Å². The Morgan fingerprint density at radius 1 is 1.37 bits per heavy atom. The van der Waals surface area contributed by atoms with Crippen molar-refractivity contribution in [1.29, 1.82) is 0 Å². The van der Waals surface area contributed by atoms with Crippen molar-refractivity contribution >= 4 is 44.8 Å². The van der Waals surface area contributed by atoms with Crippen LogP contribution in [-0.4, -0.2) is 58.8 Å². The summed E-state index contributed by atoms with van der Waals surface area (Å²) in [6, 6.07) is 5.52. The Labute approximate surface area is 124 Å². The van der Waals surface area contributed by atoms with Crippen molar-refractivity contribution in [3.8, 4) is 0 Å². The van der Waals surface area contributed by atoms with Gasteiger partial charge in [-0.2, -0.15) is 0 Å². The van der Waals surface area contributed by atoms with Crippen molar-refractivity contribution in [2.45, 2.75) is 22.5 Å². The molecule has 0 aliphatic carbocycles. The van der Waals surface area contributed by atoms with E-state index in [0.29, 0.717) is 5.21 Å². The summed E-state index contributed by atoms with van der Waals surface area (Å²) < 4.78 is 1.83. The Hall–Kier alpha value is -0.343. The third-order valence-corrected chi connectivity index (χ3v) is 10.3. The molecule has 1 rings (SSSR count). The number of hydrogen-bond acceptors (Lipinski definition) is 4. The summed E-state index contributed by atoms with van der Waals surface area (Å²) in [5.41, 5.74) is 0.191. The van der Waals surface area contributed by atoms with Gasteiger partial charge in [-0.25, -0.2) is 0 Å². The van der Waals surface area contributed by atoms with Gasteiger partial charge in [0.15, 0.2) is 0 Å². The van der Waals surface area contributed by atoms with Crippen molar-refractivity contribution in [3.05, 3.63) is 28.3 Å². The number of aliphatic hydroxyl groups excluding tert-OH is 2. The second kappa shape index (κ2) is 8.75. The number of nitrogens with zero attached hydrogens (tertiary/aromatic N) is 1. The summed E-state index contributed by atoms with van der Waals surface area (Å²) >= 11 is -1.70. The molecule has 1 unspecified atom stereocenters. The van der Waals surface area contributed by atoms with E-state index in [9.17, 15) is 10.1 Å². The van der Waals surface area contributed by atoms with Crippen LogP contribution in [0.5, 0.6) is 0 Å². The summed E-state index contributed by atoms with van der Waals surface area (Å²) in [5.74, 6) is 0. The fourth-order valence-electron chi connectivity index (χ4n) is 1.75. The summed E-state index contributed by atoms with van der Waals surface area (Å²) in [7, 11) is 0. The number of nitro groups is 1. The zero-order valence-corrected chi connectivity index (χ0v) is 14.6. The first-order valence-electron chi connectivity index (χ1n) is 6.06. The molecule has 0 saturated carbocycles. The molecule has 1 aromatic rings. The maximum absolute atomic E-state index is 11.1. The van der Waals surface area contributed by atoms with Crippen LogP contribution in [-0.2, 0) is 0 Å². The van der Waals surface area contributed by atoms with Crippen LogP contribution in [0.4, 0.5) is 5.69 Å². The Kier molecular flexibility index (Phi) is 7.70. The number of aliphatic hydroxyl groups is 2. The number of benzene rings is 1. The van der Waals surface area contributed by atoms with Gasteiger partial charge in [-0.3, -0.25) is 0 Å². The Morgan fingerprint density at radius 3 is 2.63 bits per heavy atom. The monoisotopic (exact) mass is 390 g/mol. The minimum absolute atomic E-state index is 0.0796.